The second-order valence-corrected chi connectivity index (χ2v) is 5.98. The lowest BCUT2D eigenvalue weighted by molar-refractivity contribution is -0.121. The van der Waals surface area contributed by atoms with Gasteiger partial charge < -0.3 is 15.5 Å². The Labute approximate surface area is 118 Å². The number of nitrogens with zero attached hydrogens (tertiary/aromatic N) is 1. The summed E-state index contributed by atoms with van der Waals surface area (Å²) in [5.41, 5.74) is 0. The Morgan fingerprint density at radius 2 is 2.16 bits per heavy atom. The van der Waals surface area contributed by atoms with Gasteiger partial charge in [0, 0.05) is 25.0 Å². The topological polar surface area (TPSA) is 44.4 Å². The van der Waals surface area contributed by atoms with E-state index in [0.29, 0.717) is 18.5 Å². The van der Waals surface area contributed by atoms with Gasteiger partial charge in [-0.1, -0.05) is 6.42 Å². The average Bonchev–Trinajstić information content (AvgIpc) is 2.39. The summed E-state index contributed by atoms with van der Waals surface area (Å²) in [6.07, 6.45) is 6.52. The fraction of sp³-hybridized carbons (Fsp3) is 0.933. The zero-order valence-electron chi connectivity index (χ0n) is 12.9. The number of carbonyl (C=O) groups excluding carboxylic acids is 1. The SMILES string of the molecule is CC(C)N(C)CCCCNC(=O)CC1CCCCN1. The predicted octanol–water partition coefficient (Wildman–Crippen LogP) is 1.76. The quantitative estimate of drug-likeness (QED) is 0.660. The number of nitrogens with one attached hydrogen (secondary N) is 2. The van der Waals surface area contributed by atoms with E-state index in [1.165, 1.54) is 12.8 Å². The molecule has 0 aromatic rings. The normalized spacial score (nSPS) is 19.9. The number of carbonyl (C=O) groups is 1. The minimum Gasteiger partial charge on any atom is -0.356 e. The van der Waals surface area contributed by atoms with Crippen molar-refractivity contribution in [2.24, 2.45) is 0 Å². The Morgan fingerprint density at radius 3 is 2.79 bits per heavy atom. The van der Waals surface area contributed by atoms with Gasteiger partial charge in [0.25, 0.3) is 0 Å². The molecule has 1 rings (SSSR count). The lowest BCUT2D eigenvalue weighted by atomic mass is 10.0. The third-order valence-electron chi connectivity index (χ3n) is 3.99. The summed E-state index contributed by atoms with van der Waals surface area (Å²) in [4.78, 5) is 14.1. The average molecular weight is 269 g/mol. The molecule has 0 spiro atoms. The van der Waals surface area contributed by atoms with Crippen molar-refractivity contribution in [3.05, 3.63) is 0 Å². The van der Waals surface area contributed by atoms with E-state index in [9.17, 15) is 4.79 Å². The minimum absolute atomic E-state index is 0.205. The molecule has 1 amide bonds. The van der Waals surface area contributed by atoms with Crippen LogP contribution in [0.3, 0.4) is 0 Å². The van der Waals surface area contributed by atoms with Crippen LogP contribution in [-0.2, 0) is 4.79 Å². The molecule has 4 nitrogen and oxygen atoms in total. The van der Waals surface area contributed by atoms with Crippen LogP contribution in [0, 0.1) is 0 Å². The van der Waals surface area contributed by atoms with Crippen molar-refractivity contribution in [2.75, 3.05) is 26.7 Å². The van der Waals surface area contributed by atoms with Crippen molar-refractivity contribution in [3.63, 3.8) is 0 Å². The highest BCUT2D eigenvalue weighted by Gasteiger charge is 2.15. The number of hydrogen-bond acceptors (Lipinski definition) is 3. The van der Waals surface area contributed by atoms with Crippen molar-refractivity contribution in [3.8, 4) is 0 Å². The van der Waals surface area contributed by atoms with Crippen molar-refractivity contribution >= 4 is 5.91 Å². The molecule has 1 aliphatic rings. The van der Waals surface area contributed by atoms with E-state index in [4.69, 9.17) is 0 Å². The van der Waals surface area contributed by atoms with Crippen molar-refractivity contribution in [2.45, 2.75) is 64.5 Å². The first-order valence-corrected chi connectivity index (χ1v) is 7.80. The Kier molecular flexibility index (Phi) is 8.07. The largest absolute Gasteiger partial charge is 0.356 e. The second-order valence-electron chi connectivity index (χ2n) is 5.98. The molecule has 1 saturated heterocycles. The molecule has 1 aliphatic heterocycles. The monoisotopic (exact) mass is 269 g/mol. The summed E-state index contributed by atoms with van der Waals surface area (Å²) < 4.78 is 0. The summed E-state index contributed by atoms with van der Waals surface area (Å²) in [6, 6.07) is 1.01. The molecule has 1 fully saturated rings. The van der Waals surface area contributed by atoms with Gasteiger partial charge in [-0.25, -0.2) is 0 Å². The Hall–Kier alpha value is -0.610. The highest BCUT2D eigenvalue weighted by atomic mass is 16.1. The third-order valence-corrected chi connectivity index (χ3v) is 3.99. The molecule has 0 aromatic heterocycles. The first-order chi connectivity index (χ1) is 9.09. The molecule has 4 heteroatoms. The first kappa shape index (κ1) is 16.4. The van der Waals surface area contributed by atoms with Crippen LogP contribution in [0.25, 0.3) is 0 Å². The summed E-state index contributed by atoms with van der Waals surface area (Å²) in [7, 11) is 2.15. The molecule has 1 unspecified atom stereocenters. The Morgan fingerprint density at radius 1 is 1.37 bits per heavy atom. The van der Waals surface area contributed by atoms with Crippen LogP contribution in [0.1, 0.15) is 52.4 Å². The lowest BCUT2D eigenvalue weighted by Crippen LogP contribution is -2.39. The van der Waals surface area contributed by atoms with Crippen molar-refractivity contribution in [1.82, 2.24) is 15.5 Å². The van der Waals surface area contributed by atoms with Gasteiger partial charge in [-0.05, 0) is 59.7 Å². The van der Waals surface area contributed by atoms with Crippen LogP contribution in [0.4, 0.5) is 0 Å². The van der Waals surface area contributed by atoms with Gasteiger partial charge in [0.2, 0.25) is 5.91 Å². The molecule has 0 radical (unpaired) electrons. The molecule has 112 valence electrons. The zero-order valence-corrected chi connectivity index (χ0v) is 12.9. The smallest absolute Gasteiger partial charge is 0.221 e. The van der Waals surface area contributed by atoms with Gasteiger partial charge in [0.1, 0.15) is 0 Å². The second kappa shape index (κ2) is 9.32. The number of unbranched alkanes of at least 4 members (excludes halogenated alkanes) is 1. The van der Waals surface area contributed by atoms with Crippen molar-refractivity contribution < 1.29 is 4.79 Å². The summed E-state index contributed by atoms with van der Waals surface area (Å²) in [6.45, 7) is 7.41. The van der Waals surface area contributed by atoms with Crippen LogP contribution >= 0.6 is 0 Å². The molecular formula is C15H31N3O. The van der Waals surface area contributed by atoms with E-state index in [1.807, 2.05) is 0 Å². The molecular weight excluding hydrogens is 238 g/mol. The maximum absolute atomic E-state index is 11.8. The third kappa shape index (κ3) is 7.53. The van der Waals surface area contributed by atoms with Gasteiger partial charge in [-0.3, -0.25) is 4.79 Å². The van der Waals surface area contributed by atoms with Gasteiger partial charge in [0.15, 0.2) is 0 Å². The summed E-state index contributed by atoms with van der Waals surface area (Å²) in [5, 5.41) is 6.45. The van der Waals surface area contributed by atoms with Crippen LogP contribution in [-0.4, -0.2) is 49.6 Å². The number of hydrogen-bond donors (Lipinski definition) is 2. The predicted molar refractivity (Wildman–Crippen MR) is 80.3 cm³/mol. The number of piperidine rings is 1. The van der Waals surface area contributed by atoms with Gasteiger partial charge in [-0.15, -0.1) is 0 Å². The van der Waals surface area contributed by atoms with E-state index < -0.39 is 0 Å². The first-order valence-electron chi connectivity index (χ1n) is 7.80. The molecule has 1 heterocycles. The Bertz CT molecular complexity index is 250. The van der Waals surface area contributed by atoms with Gasteiger partial charge in [0.05, 0.1) is 0 Å². The van der Waals surface area contributed by atoms with E-state index in [2.05, 4.69) is 36.4 Å². The van der Waals surface area contributed by atoms with Gasteiger partial charge in [-0.2, -0.15) is 0 Å². The van der Waals surface area contributed by atoms with E-state index in [1.54, 1.807) is 0 Å². The molecule has 0 bridgehead atoms. The molecule has 2 N–H and O–H groups in total. The summed E-state index contributed by atoms with van der Waals surface area (Å²) >= 11 is 0. The Balaban J connectivity index is 1.98. The maximum Gasteiger partial charge on any atom is 0.221 e. The van der Waals surface area contributed by atoms with Gasteiger partial charge >= 0.3 is 0 Å². The fourth-order valence-electron chi connectivity index (χ4n) is 2.37. The fourth-order valence-corrected chi connectivity index (χ4v) is 2.37. The van der Waals surface area contributed by atoms with Crippen LogP contribution in [0.5, 0.6) is 0 Å². The number of rotatable bonds is 8. The molecule has 0 aromatic carbocycles. The standard InChI is InChI=1S/C15H31N3O/c1-13(2)18(3)11-7-6-10-17-15(19)12-14-8-4-5-9-16-14/h13-14,16H,4-12H2,1-3H3,(H,17,19). The summed E-state index contributed by atoms with van der Waals surface area (Å²) in [5.74, 6) is 0.205. The van der Waals surface area contributed by atoms with Crippen LogP contribution in [0.2, 0.25) is 0 Å². The van der Waals surface area contributed by atoms with Crippen LogP contribution < -0.4 is 10.6 Å². The minimum atomic E-state index is 0.205. The van der Waals surface area contributed by atoms with E-state index >= 15 is 0 Å². The van der Waals surface area contributed by atoms with Crippen LogP contribution in [0.15, 0.2) is 0 Å². The molecule has 19 heavy (non-hydrogen) atoms. The highest BCUT2D eigenvalue weighted by molar-refractivity contribution is 5.76. The van der Waals surface area contributed by atoms with E-state index in [-0.39, 0.29) is 5.91 Å². The zero-order chi connectivity index (χ0) is 14.1. The van der Waals surface area contributed by atoms with E-state index in [0.717, 1.165) is 38.9 Å². The molecule has 0 aliphatic carbocycles. The lowest BCUT2D eigenvalue weighted by Gasteiger charge is -2.23. The highest BCUT2D eigenvalue weighted by Crippen LogP contribution is 2.09. The van der Waals surface area contributed by atoms with Crippen molar-refractivity contribution in [1.29, 1.82) is 0 Å². The maximum atomic E-state index is 11.8. The molecule has 1 atom stereocenters. The molecule has 0 saturated carbocycles. The number of amides is 1.